The lowest BCUT2D eigenvalue weighted by atomic mass is 10.1. The van der Waals surface area contributed by atoms with Gasteiger partial charge in [-0.2, -0.15) is 0 Å². The standard InChI is InChI=1S/C29H24N4O5/c1-2-38-22-12-8-11-21(16-22)33-28(36)24(27(35)31-29(33)37)15-19-17-32(25-14-7-6-13-23(19)25)18-26(34)30-20-9-4-3-5-10-20/h3-17H,2,18H2,1H3,(H,30,34)(H,31,35,37)/b24-15-. The first kappa shape index (κ1) is 24.5. The fraction of sp³-hybridized carbons (Fsp3) is 0.103. The number of imide groups is 2. The third kappa shape index (κ3) is 4.90. The van der Waals surface area contributed by atoms with Gasteiger partial charge in [0, 0.05) is 34.4 Å². The fourth-order valence-electron chi connectivity index (χ4n) is 4.32. The third-order valence-corrected chi connectivity index (χ3v) is 5.98. The van der Waals surface area contributed by atoms with Crippen molar-refractivity contribution in [2.24, 2.45) is 0 Å². The number of anilines is 2. The molecular formula is C29H24N4O5. The molecule has 1 aliphatic heterocycles. The average molecular weight is 509 g/mol. The minimum Gasteiger partial charge on any atom is -0.494 e. The minimum atomic E-state index is -0.842. The molecule has 2 N–H and O–H groups in total. The highest BCUT2D eigenvalue weighted by Gasteiger charge is 2.37. The van der Waals surface area contributed by atoms with Crippen LogP contribution in [0.4, 0.5) is 16.2 Å². The predicted molar refractivity (Wildman–Crippen MR) is 144 cm³/mol. The van der Waals surface area contributed by atoms with Crippen molar-refractivity contribution in [1.82, 2.24) is 9.88 Å². The van der Waals surface area contributed by atoms with Crippen molar-refractivity contribution in [3.63, 3.8) is 0 Å². The number of barbiturate groups is 1. The minimum absolute atomic E-state index is 0.0214. The summed E-state index contributed by atoms with van der Waals surface area (Å²) in [5, 5.41) is 5.84. The summed E-state index contributed by atoms with van der Waals surface area (Å²) in [5.74, 6) is -1.29. The zero-order valence-electron chi connectivity index (χ0n) is 20.5. The molecule has 190 valence electrons. The molecule has 9 heteroatoms. The molecule has 0 aliphatic carbocycles. The number of amides is 5. The number of urea groups is 1. The van der Waals surface area contributed by atoms with Crippen molar-refractivity contribution in [3.8, 4) is 5.75 Å². The van der Waals surface area contributed by atoms with Crippen LogP contribution in [0.1, 0.15) is 12.5 Å². The molecule has 5 amide bonds. The first-order valence-corrected chi connectivity index (χ1v) is 12.0. The molecule has 0 radical (unpaired) electrons. The van der Waals surface area contributed by atoms with Crippen molar-refractivity contribution in [3.05, 3.63) is 96.2 Å². The van der Waals surface area contributed by atoms with Gasteiger partial charge in [0.25, 0.3) is 11.8 Å². The molecule has 1 aliphatic rings. The Balaban J connectivity index is 1.48. The normalized spacial score (nSPS) is 14.6. The number of para-hydroxylation sites is 2. The quantitative estimate of drug-likeness (QED) is 0.285. The molecular weight excluding hydrogens is 484 g/mol. The number of benzene rings is 3. The summed E-state index contributed by atoms with van der Waals surface area (Å²) in [6.45, 7) is 2.26. The van der Waals surface area contributed by atoms with Gasteiger partial charge in [0.1, 0.15) is 17.9 Å². The molecule has 9 nitrogen and oxygen atoms in total. The molecule has 0 saturated carbocycles. The lowest BCUT2D eigenvalue weighted by Gasteiger charge is -2.26. The number of rotatable bonds is 7. The van der Waals surface area contributed by atoms with E-state index in [1.165, 1.54) is 6.08 Å². The van der Waals surface area contributed by atoms with E-state index in [4.69, 9.17) is 4.74 Å². The number of nitrogens with zero attached hydrogens (tertiary/aromatic N) is 2. The Hall–Kier alpha value is -5.18. The SMILES string of the molecule is CCOc1cccc(N2C(=O)NC(=O)/C(=C/c3cn(CC(=O)Nc4ccccc4)c4ccccc34)C2=O)c1. The highest BCUT2D eigenvalue weighted by molar-refractivity contribution is 6.39. The number of nitrogens with one attached hydrogen (secondary N) is 2. The van der Waals surface area contributed by atoms with E-state index in [1.807, 2.05) is 49.4 Å². The van der Waals surface area contributed by atoms with Crippen LogP contribution in [0.25, 0.3) is 17.0 Å². The Kier molecular flexibility index (Phi) is 6.73. The van der Waals surface area contributed by atoms with Crippen LogP contribution in [0.2, 0.25) is 0 Å². The van der Waals surface area contributed by atoms with Gasteiger partial charge in [-0.25, -0.2) is 9.69 Å². The third-order valence-electron chi connectivity index (χ3n) is 5.98. The monoisotopic (exact) mass is 508 g/mol. The maximum Gasteiger partial charge on any atom is 0.335 e. The van der Waals surface area contributed by atoms with Crippen molar-refractivity contribution in [1.29, 1.82) is 0 Å². The van der Waals surface area contributed by atoms with Crippen LogP contribution < -0.4 is 20.3 Å². The molecule has 1 aromatic heterocycles. The van der Waals surface area contributed by atoms with Gasteiger partial charge < -0.3 is 14.6 Å². The van der Waals surface area contributed by atoms with Crippen molar-refractivity contribution < 1.29 is 23.9 Å². The molecule has 2 heterocycles. The van der Waals surface area contributed by atoms with Gasteiger partial charge >= 0.3 is 6.03 Å². The average Bonchev–Trinajstić information content (AvgIpc) is 3.24. The second-order valence-corrected chi connectivity index (χ2v) is 8.53. The molecule has 1 fully saturated rings. The van der Waals surface area contributed by atoms with Gasteiger partial charge in [0.05, 0.1) is 12.3 Å². The number of fused-ring (bicyclic) bond motifs is 1. The van der Waals surface area contributed by atoms with Crippen LogP contribution in [0.15, 0.2) is 90.6 Å². The Labute approximate surface area is 218 Å². The summed E-state index contributed by atoms with van der Waals surface area (Å²) in [7, 11) is 0. The van der Waals surface area contributed by atoms with Crippen LogP contribution in [-0.4, -0.2) is 34.9 Å². The largest absolute Gasteiger partial charge is 0.494 e. The number of ether oxygens (including phenoxy) is 1. The summed E-state index contributed by atoms with van der Waals surface area (Å²) in [6, 6.07) is 22.2. The zero-order chi connectivity index (χ0) is 26.6. The van der Waals surface area contributed by atoms with Gasteiger partial charge in [0.15, 0.2) is 0 Å². The zero-order valence-corrected chi connectivity index (χ0v) is 20.5. The first-order chi connectivity index (χ1) is 18.4. The van der Waals surface area contributed by atoms with Crippen molar-refractivity contribution in [2.75, 3.05) is 16.8 Å². The van der Waals surface area contributed by atoms with Gasteiger partial charge in [-0.15, -0.1) is 0 Å². The highest BCUT2D eigenvalue weighted by atomic mass is 16.5. The molecule has 4 aromatic rings. The number of aromatic nitrogens is 1. The van der Waals surface area contributed by atoms with E-state index in [9.17, 15) is 19.2 Å². The lowest BCUT2D eigenvalue weighted by Crippen LogP contribution is -2.54. The smallest absolute Gasteiger partial charge is 0.335 e. The Morgan fingerprint density at radius 1 is 0.974 bits per heavy atom. The van der Waals surface area contributed by atoms with E-state index in [-0.39, 0.29) is 23.7 Å². The maximum absolute atomic E-state index is 13.4. The fourth-order valence-corrected chi connectivity index (χ4v) is 4.32. The van der Waals surface area contributed by atoms with Crippen molar-refractivity contribution >= 4 is 52.1 Å². The number of hydrogen-bond donors (Lipinski definition) is 2. The molecule has 0 unspecified atom stereocenters. The second-order valence-electron chi connectivity index (χ2n) is 8.53. The van der Waals surface area contributed by atoms with E-state index >= 15 is 0 Å². The lowest BCUT2D eigenvalue weighted by molar-refractivity contribution is -0.122. The molecule has 0 atom stereocenters. The molecule has 0 spiro atoms. The van der Waals surface area contributed by atoms with Gasteiger partial charge in [-0.1, -0.05) is 42.5 Å². The number of carbonyl (C=O) groups excluding carboxylic acids is 4. The maximum atomic E-state index is 13.4. The Morgan fingerprint density at radius 3 is 2.53 bits per heavy atom. The molecule has 0 bridgehead atoms. The molecule has 1 saturated heterocycles. The van der Waals surface area contributed by atoms with Crippen LogP contribution in [0.3, 0.4) is 0 Å². The van der Waals surface area contributed by atoms with Gasteiger partial charge in [-0.3, -0.25) is 19.7 Å². The van der Waals surface area contributed by atoms with Crippen LogP contribution in [-0.2, 0) is 20.9 Å². The highest BCUT2D eigenvalue weighted by Crippen LogP contribution is 2.28. The Morgan fingerprint density at radius 2 is 1.74 bits per heavy atom. The number of carbonyl (C=O) groups is 4. The van der Waals surface area contributed by atoms with Crippen LogP contribution >= 0.6 is 0 Å². The summed E-state index contributed by atoms with van der Waals surface area (Å²) in [4.78, 5) is 52.4. The summed E-state index contributed by atoms with van der Waals surface area (Å²) in [5.41, 5.74) is 2.06. The predicted octanol–water partition coefficient (Wildman–Crippen LogP) is 4.35. The van der Waals surface area contributed by atoms with Crippen LogP contribution in [0, 0.1) is 0 Å². The van der Waals surface area contributed by atoms with E-state index < -0.39 is 17.8 Å². The molecule has 5 rings (SSSR count). The van der Waals surface area contributed by atoms with E-state index in [0.29, 0.717) is 23.6 Å². The molecule has 38 heavy (non-hydrogen) atoms. The summed E-state index contributed by atoms with van der Waals surface area (Å²) < 4.78 is 7.23. The van der Waals surface area contributed by atoms with Crippen molar-refractivity contribution in [2.45, 2.75) is 13.5 Å². The molecule has 3 aromatic carbocycles. The second kappa shape index (κ2) is 10.4. The van der Waals surface area contributed by atoms with Gasteiger partial charge in [-0.05, 0) is 43.3 Å². The van der Waals surface area contributed by atoms with Gasteiger partial charge in [0.2, 0.25) is 5.91 Å². The van der Waals surface area contributed by atoms with E-state index in [1.54, 1.807) is 47.2 Å². The topological polar surface area (TPSA) is 110 Å². The summed E-state index contributed by atoms with van der Waals surface area (Å²) in [6.07, 6.45) is 3.15. The first-order valence-electron chi connectivity index (χ1n) is 12.0. The number of hydrogen-bond acceptors (Lipinski definition) is 5. The van der Waals surface area contributed by atoms with Crippen LogP contribution in [0.5, 0.6) is 5.75 Å². The van der Waals surface area contributed by atoms with E-state index in [2.05, 4.69) is 10.6 Å². The Bertz CT molecular complexity index is 1590. The summed E-state index contributed by atoms with van der Waals surface area (Å²) >= 11 is 0. The van der Waals surface area contributed by atoms with E-state index in [0.717, 1.165) is 15.8 Å².